The lowest BCUT2D eigenvalue weighted by molar-refractivity contribution is 0.444. The molecular formula is C68H98O4. The largest absolute Gasteiger partial charge is 0.508 e. The van der Waals surface area contributed by atoms with Gasteiger partial charge >= 0.3 is 0 Å². The summed E-state index contributed by atoms with van der Waals surface area (Å²) < 4.78 is 0. The second-order valence-electron chi connectivity index (χ2n) is 27.7. The maximum Gasteiger partial charge on any atom is 0.119 e. The lowest BCUT2D eigenvalue weighted by Crippen LogP contribution is -2.16. The topological polar surface area (TPSA) is 80.9 Å². The van der Waals surface area contributed by atoms with Crippen molar-refractivity contribution in [3.63, 3.8) is 0 Å². The van der Waals surface area contributed by atoms with Crippen LogP contribution in [-0.2, 0) is 43.3 Å². The van der Waals surface area contributed by atoms with Gasteiger partial charge in [0.2, 0.25) is 0 Å². The van der Waals surface area contributed by atoms with E-state index in [1.807, 2.05) is 36.4 Å². The Hall–Kier alpha value is -5.48. The van der Waals surface area contributed by atoms with Crippen molar-refractivity contribution in [2.45, 2.75) is 209 Å². The van der Waals surface area contributed by atoms with Crippen LogP contribution in [0.2, 0.25) is 0 Å². The first-order valence-electron chi connectivity index (χ1n) is 25.9. The van der Waals surface area contributed by atoms with Gasteiger partial charge in [-0.05, 0) is 123 Å². The van der Waals surface area contributed by atoms with Crippen LogP contribution in [0, 0.1) is 0 Å². The summed E-state index contributed by atoms with van der Waals surface area (Å²) in [4.78, 5) is 0. The van der Waals surface area contributed by atoms with Crippen LogP contribution in [0.15, 0.2) is 133 Å². The molecule has 4 N–H and O–H groups in total. The van der Waals surface area contributed by atoms with Crippen molar-refractivity contribution in [2.75, 3.05) is 0 Å². The molecule has 6 aromatic carbocycles. The van der Waals surface area contributed by atoms with Crippen molar-refractivity contribution in [1.82, 2.24) is 0 Å². The standard InChI is InChI=1S/4C14H22O.C12H10/c4*1-13(2,3)10-7-8-12(15)11(9-10)14(4,5)6;1-3-7-11(8-4-1)12-9-5-2-6-10-12/h4*7-9,15H,1-6H3;1-10H. The Kier molecular flexibility index (Phi) is 20.9. The molecule has 0 bridgehead atoms. The van der Waals surface area contributed by atoms with Crippen LogP contribution in [0.1, 0.15) is 211 Å². The lowest BCUT2D eigenvalue weighted by Gasteiger charge is -2.25. The average molecular weight is 980 g/mol. The lowest BCUT2D eigenvalue weighted by atomic mass is 9.80. The van der Waals surface area contributed by atoms with Crippen LogP contribution in [0.4, 0.5) is 0 Å². The van der Waals surface area contributed by atoms with E-state index in [9.17, 15) is 20.4 Å². The first-order valence-corrected chi connectivity index (χ1v) is 25.9. The van der Waals surface area contributed by atoms with Gasteiger partial charge in [-0.3, -0.25) is 0 Å². The zero-order valence-electron chi connectivity index (χ0n) is 49.5. The Bertz CT molecular complexity index is 2260. The number of phenolic OH excluding ortho intramolecular Hbond substituents is 4. The Morgan fingerprint density at radius 1 is 0.208 bits per heavy atom. The molecule has 0 fully saturated rings. The summed E-state index contributed by atoms with van der Waals surface area (Å²) in [5, 5.41) is 39.3. The summed E-state index contributed by atoms with van der Waals surface area (Å²) in [6.07, 6.45) is 0. The zero-order chi connectivity index (χ0) is 55.6. The van der Waals surface area contributed by atoms with Gasteiger partial charge in [0.15, 0.2) is 0 Å². The number of hydrogen-bond donors (Lipinski definition) is 4. The molecule has 6 rings (SSSR count). The van der Waals surface area contributed by atoms with E-state index in [0.717, 1.165) is 22.3 Å². The summed E-state index contributed by atoms with van der Waals surface area (Å²) in [6.45, 7) is 51.7. The Morgan fingerprint density at radius 3 is 0.514 bits per heavy atom. The molecule has 0 spiro atoms. The van der Waals surface area contributed by atoms with E-state index >= 15 is 0 Å². The highest BCUT2D eigenvalue weighted by atomic mass is 16.3. The first kappa shape index (κ1) is 62.6. The van der Waals surface area contributed by atoms with Crippen molar-refractivity contribution in [2.24, 2.45) is 0 Å². The minimum absolute atomic E-state index is 0.00859. The maximum atomic E-state index is 9.84. The van der Waals surface area contributed by atoms with Gasteiger partial charge in [-0.1, -0.05) is 275 Å². The van der Waals surface area contributed by atoms with Gasteiger partial charge in [0.05, 0.1) is 0 Å². The molecule has 0 aliphatic rings. The van der Waals surface area contributed by atoms with E-state index < -0.39 is 0 Å². The summed E-state index contributed by atoms with van der Waals surface area (Å²) in [5.41, 5.74) is 12.2. The monoisotopic (exact) mass is 979 g/mol. The van der Waals surface area contributed by atoms with Crippen LogP contribution in [0.25, 0.3) is 11.1 Å². The van der Waals surface area contributed by atoms with Gasteiger partial charge in [0.25, 0.3) is 0 Å². The minimum atomic E-state index is -0.00859. The predicted octanol–water partition coefficient (Wildman–Crippen LogP) is 19.3. The number of phenols is 4. The molecule has 72 heavy (non-hydrogen) atoms. The first-order chi connectivity index (χ1) is 32.5. The molecule has 0 aliphatic heterocycles. The van der Waals surface area contributed by atoms with Gasteiger partial charge in [-0.25, -0.2) is 0 Å². The van der Waals surface area contributed by atoms with E-state index in [4.69, 9.17) is 0 Å². The second kappa shape index (κ2) is 24.0. The molecule has 0 radical (unpaired) electrons. The Labute approximate surface area is 440 Å². The minimum Gasteiger partial charge on any atom is -0.508 e. The van der Waals surface area contributed by atoms with Crippen molar-refractivity contribution < 1.29 is 20.4 Å². The fourth-order valence-corrected chi connectivity index (χ4v) is 7.67. The van der Waals surface area contributed by atoms with Crippen molar-refractivity contribution in [3.8, 4) is 34.1 Å². The molecule has 0 atom stereocenters. The third kappa shape index (κ3) is 19.8. The van der Waals surface area contributed by atoms with Crippen LogP contribution in [0.3, 0.4) is 0 Å². The highest BCUT2D eigenvalue weighted by Gasteiger charge is 2.25. The Morgan fingerprint density at radius 2 is 0.375 bits per heavy atom. The van der Waals surface area contributed by atoms with Crippen LogP contribution in [-0.4, -0.2) is 20.4 Å². The zero-order valence-corrected chi connectivity index (χ0v) is 49.5. The fraction of sp³-hybridized carbons (Fsp3) is 0.471. The van der Waals surface area contributed by atoms with E-state index in [1.165, 1.54) is 33.4 Å². The average Bonchev–Trinajstić information content (AvgIpc) is 3.22. The molecule has 4 nitrogen and oxygen atoms in total. The SMILES string of the molecule is CC(C)(C)c1ccc(O)c(C(C)(C)C)c1.CC(C)(C)c1ccc(O)c(C(C)(C)C)c1.CC(C)(C)c1ccc(O)c(C(C)(C)C)c1.CC(C)(C)c1ccc(O)c(C(C)(C)C)c1.c1ccc(-c2ccccc2)cc1. The fourth-order valence-electron chi connectivity index (χ4n) is 7.67. The molecule has 0 aromatic heterocycles. The predicted molar refractivity (Wildman–Crippen MR) is 314 cm³/mol. The molecule has 4 heteroatoms. The summed E-state index contributed by atoms with van der Waals surface area (Å²) >= 11 is 0. The van der Waals surface area contributed by atoms with Gasteiger partial charge < -0.3 is 20.4 Å². The number of benzene rings is 6. The second-order valence-corrected chi connectivity index (χ2v) is 27.7. The van der Waals surface area contributed by atoms with E-state index in [0.29, 0.717) is 23.0 Å². The van der Waals surface area contributed by atoms with Crippen LogP contribution in [0.5, 0.6) is 23.0 Å². The number of rotatable bonds is 1. The molecule has 0 unspecified atom stereocenters. The Balaban J connectivity index is 0.000000309. The van der Waals surface area contributed by atoms with Crippen molar-refractivity contribution in [3.05, 3.63) is 178 Å². The van der Waals surface area contributed by atoms with Crippen molar-refractivity contribution in [1.29, 1.82) is 0 Å². The quantitative estimate of drug-likeness (QED) is 0.132. The maximum absolute atomic E-state index is 9.84. The molecule has 0 saturated heterocycles. The molecule has 0 aliphatic carbocycles. The number of aromatic hydroxyl groups is 4. The molecule has 6 aromatic rings. The molecule has 0 amide bonds. The third-order valence-electron chi connectivity index (χ3n) is 12.6. The van der Waals surface area contributed by atoms with Gasteiger partial charge in [-0.15, -0.1) is 0 Å². The highest BCUT2D eigenvalue weighted by molar-refractivity contribution is 5.62. The summed E-state index contributed by atoms with van der Waals surface area (Å²) in [7, 11) is 0. The van der Waals surface area contributed by atoms with Gasteiger partial charge in [0, 0.05) is 0 Å². The summed E-state index contributed by atoms with van der Waals surface area (Å²) in [5.74, 6) is 1.59. The van der Waals surface area contributed by atoms with E-state index in [-0.39, 0.29) is 43.3 Å². The molecule has 394 valence electrons. The van der Waals surface area contributed by atoms with Gasteiger partial charge in [-0.2, -0.15) is 0 Å². The highest BCUT2D eigenvalue weighted by Crippen LogP contribution is 2.38. The molecule has 0 saturated carbocycles. The van der Waals surface area contributed by atoms with E-state index in [2.05, 4.69) is 239 Å². The smallest absolute Gasteiger partial charge is 0.119 e. The van der Waals surface area contributed by atoms with Crippen molar-refractivity contribution >= 4 is 0 Å². The number of hydrogen-bond acceptors (Lipinski definition) is 4. The summed E-state index contributed by atoms with van der Waals surface area (Å²) in [6, 6.07) is 44.5. The normalized spacial score (nSPS) is 12.4. The van der Waals surface area contributed by atoms with Gasteiger partial charge in [0.1, 0.15) is 23.0 Å². The molecule has 0 heterocycles. The van der Waals surface area contributed by atoms with Crippen LogP contribution >= 0.6 is 0 Å². The molecular weight excluding hydrogens is 881 g/mol. The van der Waals surface area contributed by atoms with E-state index in [1.54, 1.807) is 24.3 Å². The van der Waals surface area contributed by atoms with Crippen LogP contribution < -0.4 is 0 Å². The third-order valence-corrected chi connectivity index (χ3v) is 12.6.